The Kier molecular flexibility index (Phi) is 5.72. The van der Waals surface area contributed by atoms with Gasteiger partial charge in [-0.25, -0.2) is 4.98 Å². The summed E-state index contributed by atoms with van der Waals surface area (Å²) in [5, 5.41) is 6.24. The molecule has 1 aromatic heterocycles. The van der Waals surface area contributed by atoms with Crippen molar-refractivity contribution in [1.29, 1.82) is 0 Å². The lowest BCUT2D eigenvalue weighted by atomic mass is 9.96. The Labute approximate surface area is 194 Å². The van der Waals surface area contributed by atoms with Crippen molar-refractivity contribution in [3.63, 3.8) is 0 Å². The largest absolute Gasteiger partial charge is 0.478 e. The van der Waals surface area contributed by atoms with Crippen molar-refractivity contribution in [2.75, 3.05) is 4.90 Å². The quantitative estimate of drug-likeness (QED) is 0.678. The maximum atomic E-state index is 13.0. The maximum Gasteiger partial charge on any atom is 0.263 e. The maximum absolute atomic E-state index is 13.0. The van der Waals surface area contributed by atoms with Gasteiger partial charge in [0.1, 0.15) is 11.6 Å². The summed E-state index contributed by atoms with van der Waals surface area (Å²) in [6.45, 7) is 3.62. The van der Waals surface area contributed by atoms with Crippen LogP contribution in [0.5, 0.6) is 5.75 Å². The molecule has 174 valence electrons. The van der Waals surface area contributed by atoms with Gasteiger partial charge in [-0.15, -0.1) is 0 Å². The van der Waals surface area contributed by atoms with Crippen LogP contribution < -0.4 is 20.3 Å². The van der Waals surface area contributed by atoms with E-state index in [1.165, 1.54) is 0 Å². The Morgan fingerprint density at radius 2 is 1.64 bits per heavy atom. The van der Waals surface area contributed by atoms with Crippen molar-refractivity contribution >= 4 is 17.6 Å². The average molecular weight is 449 g/mol. The number of carbonyl (C=O) groups is 2. The van der Waals surface area contributed by atoms with Crippen LogP contribution >= 0.6 is 0 Å². The van der Waals surface area contributed by atoms with Gasteiger partial charge in [-0.2, -0.15) is 0 Å². The normalized spacial score (nSPS) is 24.3. The molecule has 7 nitrogen and oxygen atoms in total. The number of anilines is 1. The molecule has 3 aliphatic rings. The number of nitrogens with zero attached hydrogens (tertiary/aromatic N) is 2. The number of benzene rings is 1. The summed E-state index contributed by atoms with van der Waals surface area (Å²) in [5.74, 6) is 1.48. The highest BCUT2D eigenvalue weighted by Crippen LogP contribution is 2.38. The summed E-state index contributed by atoms with van der Waals surface area (Å²) in [6.07, 6.45) is 7.77. The molecule has 5 rings (SSSR count). The van der Waals surface area contributed by atoms with Crippen molar-refractivity contribution in [3.05, 3.63) is 54.2 Å². The molecule has 1 saturated carbocycles. The van der Waals surface area contributed by atoms with E-state index in [0.717, 1.165) is 44.3 Å². The van der Waals surface area contributed by atoms with E-state index in [0.29, 0.717) is 29.4 Å². The van der Waals surface area contributed by atoms with Gasteiger partial charge in [0.25, 0.3) is 11.8 Å². The van der Waals surface area contributed by atoms with Crippen LogP contribution in [0.3, 0.4) is 0 Å². The molecule has 1 aliphatic carbocycles. The van der Waals surface area contributed by atoms with Gasteiger partial charge in [0, 0.05) is 30.4 Å². The van der Waals surface area contributed by atoms with Crippen molar-refractivity contribution in [2.24, 2.45) is 0 Å². The monoisotopic (exact) mass is 448 g/mol. The first-order chi connectivity index (χ1) is 15.9. The fourth-order valence-corrected chi connectivity index (χ4v) is 5.03. The van der Waals surface area contributed by atoms with E-state index in [9.17, 15) is 9.59 Å². The lowest BCUT2D eigenvalue weighted by Gasteiger charge is -2.40. The summed E-state index contributed by atoms with van der Waals surface area (Å²) < 4.78 is 5.96. The topological polar surface area (TPSA) is 83.6 Å². The van der Waals surface area contributed by atoms with Crippen molar-refractivity contribution in [2.45, 2.75) is 82.1 Å². The Balaban J connectivity index is 1.19. The summed E-state index contributed by atoms with van der Waals surface area (Å²) in [4.78, 5) is 32.3. The number of amides is 2. The fraction of sp³-hybridized carbons (Fsp3) is 0.500. The molecule has 3 heterocycles. The van der Waals surface area contributed by atoms with Crippen LogP contribution in [0, 0.1) is 0 Å². The third-order valence-corrected chi connectivity index (χ3v) is 6.92. The fourth-order valence-electron chi connectivity index (χ4n) is 5.03. The van der Waals surface area contributed by atoms with Crippen LogP contribution in [0.1, 0.15) is 62.7 Å². The zero-order valence-corrected chi connectivity index (χ0v) is 19.3. The minimum Gasteiger partial charge on any atom is -0.478 e. The number of carbonyl (C=O) groups excluding carboxylic acids is 2. The molecule has 2 N–H and O–H groups in total. The van der Waals surface area contributed by atoms with Crippen molar-refractivity contribution in [1.82, 2.24) is 15.6 Å². The average Bonchev–Trinajstić information content (AvgIpc) is 3.57. The molecule has 2 aromatic rings. The van der Waals surface area contributed by atoms with Crippen LogP contribution in [0.25, 0.3) is 0 Å². The molecule has 0 spiro atoms. The molecule has 2 aliphatic heterocycles. The third kappa shape index (κ3) is 4.82. The number of hydrogen-bond acceptors (Lipinski definition) is 5. The number of fused-ring (bicyclic) bond motifs is 2. The van der Waals surface area contributed by atoms with Crippen molar-refractivity contribution < 1.29 is 14.3 Å². The molecule has 2 bridgehead atoms. The number of aromatic nitrogens is 1. The van der Waals surface area contributed by atoms with Gasteiger partial charge in [0.15, 0.2) is 5.60 Å². The highest BCUT2D eigenvalue weighted by molar-refractivity contribution is 5.94. The predicted octanol–water partition coefficient (Wildman–Crippen LogP) is 3.45. The first-order valence-corrected chi connectivity index (χ1v) is 12.0. The van der Waals surface area contributed by atoms with Gasteiger partial charge < -0.3 is 20.3 Å². The van der Waals surface area contributed by atoms with Crippen LogP contribution in [-0.4, -0.2) is 46.6 Å². The molecule has 3 atom stereocenters. The third-order valence-electron chi connectivity index (χ3n) is 6.92. The SMILES string of the molecule is CC(C)(Oc1ccccc1)C(=O)N[C@H]1C[C@H]2CC[C@@H](C1)N2c1ccc(C(=O)NC2CC2)cn1. The second-order valence-electron chi connectivity index (χ2n) is 10.0. The van der Waals surface area contributed by atoms with E-state index < -0.39 is 5.60 Å². The molecule has 0 unspecified atom stereocenters. The Morgan fingerprint density at radius 1 is 0.939 bits per heavy atom. The van der Waals surface area contributed by atoms with E-state index in [4.69, 9.17) is 4.74 Å². The smallest absolute Gasteiger partial charge is 0.263 e. The molecule has 2 amide bonds. The zero-order valence-electron chi connectivity index (χ0n) is 19.3. The van der Waals surface area contributed by atoms with Crippen LogP contribution in [0.15, 0.2) is 48.7 Å². The van der Waals surface area contributed by atoms with Gasteiger partial charge in [-0.3, -0.25) is 9.59 Å². The molecule has 0 radical (unpaired) electrons. The van der Waals surface area contributed by atoms with E-state index in [1.807, 2.05) is 56.3 Å². The highest BCUT2D eigenvalue weighted by Gasteiger charge is 2.43. The molecule has 3 fully saturated rings. The number of pyridine rings is 1. The standard InChI is InChI=1S/C26H32N4O3/c1-26(2,33-22-6-4-3-5-7-22)25(32)29-19-14-20-11-12-21(15-19)30(20)23-13-8-17(16-27-23)24(31)28-18-9-10-18/h3-8,13,16,18-21H,9-12,14-15H2,1-2H3,(H,28,31)(H,29,32)/t19-,20+,21-. The second kappa shape index (κ2) is 8.69. The van der Waals surface area contributed by atoms with Gasteiger partial charge in [-0.05, 0) is 76.6 Å². The zero-order chi connectivity index (χ0) is 23.0. The van der Waals surface area contributed by atoms with E-state index in [1.54, 1.807) is 6.20 Å². The number of nitrogens with one attached hydrogen (secondary N) is 2. The number of piperidine rings is 1. The van der Waals surface area contributed by atoms with Gasteiger partial charge in [0.2, 0.25) is 0 Å². The number of ether oxygens (including phenoxy) is 1. The Hall–Kier alpha value is -3.09. The molecule has 7 heteroatoms. The lowest BCUT2D eigenvalue weighted by molar-refractivity contribution is -0.135. The number of hydrogen-bond donors (Lipinski definition) is 2. The molecule has 2 saturated heterocycles. The number of para-hydroxylation sites is 1. The summed E-state index contributed by atoms with van der Waals surface area (Å²) in [5.41, 5.74) is -0.337. The summed E-state index contributed by atoms with van der Waals surface area (Å²) in [6, 6.07) is 14.4. The minimum absolute atomic E-state index is 0.0405. The second-order valence-corrected chi connectivity index (χ2v) is 10.0. The van der Waals surface area contributed by atoms with Gasteiger partial charge in [0.05, 0.1) is 5.56 Å². The molecule has 1 aromatic carbocycles. The van der Waals surface area contributed by atoms with E-state index >= 15 is 0 Å². The number of rotatable bonds is 7. The van der Waals surface area contributed by atoms with Gasteiger partial charge >= 0.3 is 0 Å². The summed E-state index contributed by atoms with van der Waals surface area (Å²) in [7, 11) is 0. The molecular weight excluding hydrogens is 416 g/mol. The highest BCUT2D eigenvalue weighted by atomic mass is 16.5. The van der Waals surface area contributed by atoms with E-state index in [-0.39, 0.29) is 17.9 Å². The van der Waals surface area contributed by atoms with Crippen LogP contribution in [-0.2, 0) is 4.79 Å². The van der Waals surface area contributed by atoms with Crippen LogP contribution in [0.4, 0.5) is 5.82 Å². The predicted molar refractivity (Wildman–Crippen MR) is 126 cm³/mol. The van der Waals surface area contributed by atoms with Gasteiger partial charge in [-0.1, -0.05) is 18.2 Å². The van der Waals surface area contributed by atoms with Crippen LogP contribution in [0.2, 0.25) is 0 Å². The molecule has 33 heavy (non-hydrogen) atoms. The van der Waals surface area contributed by atoms with Crippen molar-refractivity contribution in [3.8, 4) is 5.75 Å². The Morgan fingerprint density at radius 3 is 2.24 bits per heavy atom. The Bertz CT molecular complexity index is 990. The van der Waals surface area contributed by atoms with E-state index in [2.05, 4.69) is 20.5 Å². The minimum atomic E-state index is -0.948. The lowest BCUT2D eigenvalue weighted by Crippen LogP contribution is -2.55. The summed E-state index contributed by atoms with van der Waals surface area (Å²) >= 11 is 0. The first kappa shape index (κ1) is 21.7. The molecular formula is C26H32N4O3. The first-order valence-electron chi connectivity index (χ1n) is 12.0.